The number of hydrogen-bond acceptors (Lipinski definition) is 3. The molecule has 0 amide bonds. The molecule has 0 bridgehead atoms. The normalized spacial score (nSPS) is 17.6. The monoisotopic (exact) mass is 282 g/mol. The predicted molar refractivity (Wildman–Crippen MR) is 87.9 cm³/mol. The molecule has 1 saturated heterocycles. The minimum atomic E-state index is 0.253. The minimum absolute atomic E-state index is 0.253. The number of rotatable bonds is 4. The lowest BCUT2D eigenvalue weighted by Gasteiger charge is -2.34. The third-order valence-corrected chi connectivity index (χ3v) is 4.22. The first kappa shape index (κ1) is 14.1. The maximum atomic E-state index is 5.49. The van der Waals surface area contributed by atoms with Crippen molar-refractivity contribution in [2.45, 2.75) is 6.04 Å². The maximum absolute atomic E-state index is 5.49. The van der Waals surface area contributed by atoms with Crippen molar-refractivity contribution in [2.24, 2.45) is 0 Å². The van der Waals surface area contributed by atoms with Gasteiger partial charge in [0.2, 0.25) is 0 Å². The van der Waals surface area contributed by atoms with Crippen molar-refractivity contribution in [3.63, 3.8) is 0 Å². The minimum Gasteiger partial charge on any atom is -0.496 e. The van der Waals surface area contributed by atoms with E-state index in [2.05, 4.69) is 59.3 Å². The topological polar surface area (TPSA) is 24.5 Å². The van der Waals surface area contributed by atoms with Crippen LogP contribution in [0.2, 0.25) is 0 Å². The molecule has 3 nitrogen and oxygen atoms in total. The second kappa shape index (κ2) is 6.29. The molecular formula is C18H22N2O. The second-order valence-corrected chi connectivity index (χ2v) is 5.37. The lowest BCUT2D eigenvalue weighted by Crippen LogP contribution is -2.44. The van der Waals surface area contributed by atoms with E-state index in [1.807, 2.05) is 0 Å². The van der Waals surface area contributed by atoms with E-state index in [0.29, 0.717) is 0 Å². The summed E-state index contributed by atoms with van der Waals surface area (Å²) in [6.07, 6.45) is 2.06. The van der Waals surface area contributed by atoms with Gasteiger partial charge >= 0.3 is 0 Å². The largest absolute Gasteiger partial charge is 0.496 e. The summed E-state index contributed by atoms with van der Waals surface area (Å²) in [7, 11) is 1.72. The highest BCUT2D eigenvalue weighted by Gasteiger charge is 2.21. The van der Waals surface area contributed by atoms with Crippen molar-refractivity contribution >= 4 is 10.8 Å². The van der Waals surface area contributed by atoms with E-state index in [4.69, 9.17) is 4.74 Å². The molecule has 1 aliphatic heterocycles. The lowest BCUT2D eigenvalue weighted by atomic mass is 9.96. The van der Waals surface area contributed by atoms with E-state index in [1.54, 1.807) is 7.11 Å². The number of nitrogens with one attached hydrogen (secondary N) is 1. The Hall–Kier alpha value is -1.84. The van der Waals surface area contributed by atoms with Gasteiger partial charge in [-0.2, -0.15) is 0 Å². The van der Waals surface area contributed by atoms with Crippen molar-refractivity contribution in [2.75, 3.05) is 33.3 Å². The number of ether oxygens (including phenoxy) is 1. The van der Waals surface area contributed by atoms with Gasteiger partial charge in [-0.3, -0.25) is 4.90 Å². The quantitative estimate of drug-likeness (QED) is 0.873. The van der Waals surface area contributed by atoms with E-state index >= 15 is 0 Å². The standard InChI is InChI=1S/C18H22N2O/c1-3-17(20-12-10-19-11-13-20)15-8-9-18(21-2)16-7-5-4-6-14(15)16/h3-9,17,19H,1,10-13H2,2H3/t17-/m0/s1. The zero-order valence-electron chi connectivity index (χ0n) is 12.5. The van der Waals surface area contributed by atoms with Crippen molar-refractivity contribution < 1.29 is 4.74 Å². The van der Waals surface area contributed by atoms with Gasteiger partial charge in [0, 0.05) is 31.6 Å². The molecule has 3 rings (SSSR count). The smallest absolute Gasteiger partial charge is 0.126 e. The van der Waals surface area contributed by atoms with E-state index < -0.39 is 0 Å². The second-order valence-electron chi connectivity index (χ2n) is 5.37. The molecule has 0 saturated carbocycles. The highest BCUT2D eigenvalue weighted by atomic mass is 16.5. The van der Waals surface area contributed by atoms with Crippen molar-refractivity contribution in [1.82, 2.24) is 10.2 Å². The van der Waals surface area contributed by atoms with Gasteiger partial charge in [-0.05, 0) is 17.0 Å². The lowest BCUT2D eigenvalue weighted by molar-refractivity contribution is 0.204. The molecular weight excluding hydrogens is 260 g/mol. The Kier molecular flexibility index (Phi) is 4.23. The van der Waals surface area contributed by atoms with Crippen molar-refractivity contribution in [3.05, 3.63) is 54.6 Å². The highest BCUT2D eigenvalue weighted by Crippen LogP contribution is 2.34. The summed E-state index contributed by atoms with van der Waals surface area (Å²) < 4.78 is 5.49. The predicted octanol–water partition coefficient (Wildman–Crippen LogP) is 2.98. The third kappa shape index (κ3) is 2.67. The summed E-state index contributed by atoms with van der Waals surface area (Å²) in [5.41, 5.74) is 1.31. The molecule has 0 aromatic heterocycles. The Labute approximate surface area is 126 Å². The van der Waals surface area contributed by atoms with Crippen LogP contribution in [-0.4, -0.2) is 38.2 Å². The van der Waals surface area contributed by atoms with E-state index in [-0.39, 0.29) is 6.04 Å². The van der Waals surface area contributed by atoms with Crippen LogP contribution in [0.3, 0.4) is 0 Å². The molecule has 110 valence electrons. The van der Waals surface area contributed by atoms with Crippen LogP contribution in [0.1, 0.15) is 11.6 Å². The van der Waals surface area contributed by atoms with E-state index in [9.17, 15) is 0 Å². The average molecular weight is 282 g/mol. The average Bonchev–Trinajstić information content (AvgIpc) is 2.56. The number of benzene rings is 2. The van der Waals surface area contributed by atoms with Gasteiger partial charge in [0.15, 0.2) is 0 Å². The summed E-state index contributed by atoms with van der Waals surface area (Å²) in [4.78, 5) is 2.48. The molecule has 2 aromatic rings. The molecule has 2 aromatic carbocycles. The molecule has 0 aliphatic carbocycles. The Morgan fingerprint density at radius 1 is 1.14 bits per heavy atom. The van der Waals surface area contributed by atoms with Gasteiger partial charge in [-0.25, -0.2) is 0 Å². The number of piperazine rings is 1. The summed E-state index contributed by atoms with van der Waals surface area (Å²) in [5.74, 6) is 0.928. The fourth-order valence-corrected chi connectivity index (χ4v) is 3.16. The molecule has 1 fully saturated rings. The number of methoxy groups -OCH3 is 1. The van der Waals surface area contributed by atoms with Crippen LogP contribution in [0, 0.1) is 0 Å². The van der Waals surface area contributed by atoms with Crippen LogP contribution in [0.15, 0.2) is 49.1 Å². The van der Waals surface area contributed by atoms with Crippen molar-refractivity contribution in [3.8, 4) is 5.75 Å². The van der Waals surface area contributed by atoms with E-state index in [1.165, 1.54) is 16.3 Å². The fraction of sp³-hybridized carbons (Fsp3) is 0.333. The SMILES string of the molecule is C=C[C@@H](c1ccc(OC)c2ccccc12)N1CCNCC1. The Morgan fingerprint density at radius 3 is 2.52 bits per heavy atom. The van der Waals surface area contributed by atoms with Crippen LogP contribution in [-0.2, 0) is 0 Å². The van der Waals surface area contributed by atoms with Gasteiger partial charge in [-0.15, -0.1) is 6.58 Å². The Morgan fingerprint density at radius 2 is 1.86 bits per heavy atom. The summed E-state index contributed by atoms with van der Waals surface area (Å²) in [5, 5.41) is 5.82. The zero-order valence-corrected chi connectivity index (χ0v) is 12.5. The molecule has 1 heterocycles. The molecule has 0 unspecified atom stereocenters. The van der Waals surface area contributed by atoms with Crippen LogP contribution < -0.4 is 10.1 Å². The highest BCUT2D eigenvalue weighted by molar-refractivity contribution is 5.91. The Bertz CT molecular complexity index is 632. The number of fused-ring (bicyclic) bond motifs is 1. The molecule has 1 atom stereocenters. The summed E-state index contributed by atoms with van der Waals surface area (Å²) >= 11 is 0. The maximum Gasteiger partial charge on any atom is 0.126 e. The zero-order chi connectivity index (χ0) is 14.7. The van der Waals surface area contributed by atoms with Gasteiger partial charge in [0.1, 0.15) is 5.75 Å². The van der Waals surface area contributed by atoms with Gasteiger partial charge < -0.3 is 10.1 Å². The molecule has 0 spiro atoms. The molecule has 1 aliphatic rings. The van der Waals surface area contributed by atoms with Crippen molar-refractivity contribution in [1.29, 1.82) is 0 Å². The van der Waals surface area contributed by atoms with Crippen LogP contribution in [0.5, 0.6) is 5.75 Å². The fourth-order valence-electron chi connectivity index (χ4n) is 3.16. The Balaban J connectivity index is 2.08. The van der Waals surface area contributed by atoms with Crippen LogP contribution in [0.25, 0.3) is 10.8 Å². The van der Waals surface area contributed by atoms with Gasteiger partial charge in [0.25, 0.3) is 0 Å². The summed E-state index contributed by atoms with van der Waals surface area (Å²) in [6.45, 7) is 8.25. The van der Waals surface area contributed by atoms with Gasteiger partial charge in [-0.1, -0.05) is 36.4 Å². The molecule has 3 heteroatoms. The number of nitrogens with zero attached hydrogens (tertiary/aromatic N) is 1. The van der Waals surface area contributed by atoms with Crippen LogP contribution >= 0.6 is 0 Å². The first-order valence-corrected chi connectivity index (χ1v) is 7.48. The van der Waals surface area contributed by atoms with Gasteiger partial charge in [0.05, 0.1) is 13.2 Å². The van der Waals surface area contributed by atoms with Crippen LogP contribution in [0.4, 0.5) is 0 Å². The molecule has 1 N–H and O–H groups in total. The third-order valence-electron chi connectivity index (χ3n) is 4.22. The first-order chi connectivity index (χ1) is 10.3. The molecule has 21 heavy (non-hydrogen) atoms. The molecule has 0 radical (unpaired) electrons. The first-order valence-electron chi connectivity index (χ1n) is 7.48. The van der Waals surface area contributed by atoms with E-state index in [0.717, 1.165) is 31.9 Å². The number of hydrogen-bond donors (Lipinski definition) is 1. The summed E-state index contributed by atoms with van der Waals surface area (Å²) in [6, 6.07) is 12.9.